The molecule has 0 saturated carbocycles. The fourth-order valence-electron chi connectivity index (χ4n) is 3.32. The Morgan fingerprint density at radius 3 is 2.07 bits per heavy atom. The summed E-state index contributed by atoms with van der Waals surface area (Å²) in [5.74, 6) is 0.730. The lowest BCUT2D eigenvalue weighted by Gasteiger charge is -2.10. The lowest BCUT2D eigenvalue weighted by molar-refractivity contribution is 0.378. The number of unbranched alkanes of at least 4 members (excludes halogenated alkanes) is 1. The minimum Gasteiger partial charge on any atom is -0.481 e. The van der Waals surface area contributed by atoms with Crippen LogP contribution in [0.15, 0.2) is 52.7 Å². The van der Waals surface area contributed by atoms with Crippen molar-refractivity contribution in [2.75, 3.05) is 7.11 Å². The molecule has 0 unspecified atom stereocenters. The quantitative estimate of drug-likeness (QED) is 0.484. The monoisotopic (exact) mass is 405 g/mol. The summed E-state index contributed by atoms with van der Waals surface area (Å²) >= 11 is 0. The number of aryl methyl sites for hydroxylation is 3. The van der Waals surface area contributed by atoms with Crippen LogP contribution in [0.1, 0.15) is 62.1 Å². The first kappa shape index (κ1) is 21.6. The molecule has 0 spiro atoms. The van der Waals surface area contributed by atoms with Crippen LogP contribution < -0.4 is 4.74 Å². The summed E-state index contributed by atoms with van der Waals surface area (Å²) in [5.41, 5.74) is 6.67. The molecule has 3 rings (SSSR count). The molecule has 0 N–H and O–H groups in total. The molecule has 0 fully saturated rings. The van der Waals surface area contributed by atoms with E-state index < -0.39 is 0 Å². The van der Waals surface area contributed by atoms with Gasteiger partial charge in [-0.2, -0.15) is 10.2 Å². The number of nitrogens with zero attached hydrogens (tertiary/aromatic N) is 5. The van der Waals surface area contributed by atoms with Gasteiger partial charge in [0.25, 0.3) is 0 Å². The molecule has 0 aromatic carbocycles. The Balaban J connectivity index is 1.93. The van der Waals surface area contributed by atoms with Crippen LogP contribution in [0.25, 0.3) is 0 Å². The fraction of sp³-hybridized carbons (Fsp3) is 0.375. The van der Waals surface area contributed by atoms with Gasteiger partial charge in [0, 0.05) is 23.1 Å². The lowest BCUT2D eigenvalue weighted by Crippen LogP contribution is -2.09. The maximum atomic E-state index is 5.50. The van der Waals surface area contributed by atoms with E-state index >= 15 is 0 Å². The number of pyridine rings is 1. The van der Waals surface area contributed by atoms with Crippen molar-refractivity contribution in [3.05, 3.63) is 70.9 Å². The van der Waals surface area contributed by atoms with Gasteiger partial charge in [-0.05, 0) is 70.9 Å². The second-order valence-electron chi connectivity index (χ2n) is 7.49. The van der Waals surface area contributed by atoms with Crippen LogP contribution in [0.3, 0.4) is 0 Å². The van der Waals surface area contributed by atoms with Gasteiger partial charge in [0.15, 0.2) is 0 Å². The minimum atomic E-state index is 0.730. The number of methoxy groups -OCH3 is 1. The van der Waals surface area contributed by atoms with Crippen molar-refractivity contribution in [3.63, 3.8) is 0 Å². The van der Waals surface area contributed by atoms with Gasteiger partial charge in [0.05, 0.1) is 29.9 Å². The summed E-state index contributed by atoms with van der Waals surface area (Å²) in [4.78, 5) is 4.81. The first-order valence-corrected chi connectivity index (χ1v) is 10.4. The average molecular weight is 406 g/mol. The number of rotatable bonds is 8. The molecule has 158 valence electrons. The van der Waals surface area contributed by atoms with Crippen LogP contribution in [0.4, 0.5) is 0 Å². The third-order valence-electron chi connectivity index (χ3n) is 5.12. The van der Waals surface area contributed by atoms with E-state index in [-0.39, 0.29) is 0 Å². The Labute approximate surface area is 178 Å². The van der Waals surface area contributed by atoms with E-state index in [0.717, 1.165) is 65.0 Å². The molecule has 6 heteroatoms. The molecule has 0 atom stereocenters. The molecule has 0 radical (unpaired) electrons. The highest BCUT2D eigenvalue weighted by atomic mass is 16.5. The van der Waals surface area contributed by atoms with Crippen molar-refractivity contribution < 1.29 is 4.74 Å². The van der Waals surface area contributed by atoms with E-state index in [1.54, 1.807) is 7.11 Å². The van der Waals surface area contributed by atoms with E-state index in [1.165, 1.54) is 0 Å². The van der Waals surface area contributed by atoms with Crippen molar-refractivity contribution in [2.45, 2.75) is 53.9 Å². The van der Waals surface area contributed by atoms with Crippen molar-refractivity contribution in [1.82, 2.24) is 14.3 Å². The van der Waals surface area contributed by atoms with E-state index in [9.17, 15) is 0 Å². The first-order chi connectivity index (χ1) is 14.4. The molecule has 0 amide bonds. The lowest BCUT2D eigenvalue weighted by atomic mass is 10.2. The number of aromatic nitrogens is 3. The van der Waals surface area contributed by atoms with Gasteiger partial charge in [-0.1, -0.05) is 19.4 Å². The Morgan fingerprint density at radius 1 is 0.900 bits per heavy atom. The molecule has 30 heavy (non-hydrogen) atoms. The van der Waals surface area contributed by atoms with E-state index in [1.807, 2.05) is 61.3 Å². The van der Waals surface area contributed by atoms with Gasteiger partial charge in [-0.3, -0.25) is 0 Å². The number of ether oxygens (including phenoxy) is 1. The van der Waals surface area contributed by atoms with Gasteiger partial charge in [0.1, 0.15) is 0 Å². The smallest absolute Gasteiger partial charge is 0.214 e. The largest absolute Gasteiger partial charge is 0.481 e. The zero-order valence-corrected chi connectivity index (χ0v) is 18.8. The zero-order valence-electron chi connectivity index (χ0n) is 18.8. The predicted molar refractivity (Wildman–Crippen MR) is 123 cm³/mol. The van der Waals surface area contributed by atoms with Gasteiger partial charge < -0.3 is 4.74 Å². The molecule has 0 aliphatic carbocycles. The van der Waals surface area contributed by atoms with Crippen LogP contribution in [-0.2, 0) is 6.42 Å². The topological polar surface area (TPSA) is 56.7 Å². The second kappa shape index (κ2) is 9.57. The highest BCUT2D eigenvalue weighted by Gasteiger charge is 2.10. The van der Waals surface area contributed by atoms with Crippen molar-refractivity contribution >= 4 is 11.4 Å². The van der Waals surface area contributed by atoms with E-state index in [2.05, 4.69) is 25.1 Å². The molecule has 3 heterocycles. The molecule has 6 nitrogen and oxygen atoms in total. The Morgan fingerprint density at radius 2 is 1.50 bits per heavy atom. The van der Waals surface area contributed by atoms with E-state index in [0.29, 0.717) is 0 Å². The maximum Gasteiger partial charge on any atom is 0.214 e. The predicted octanol–water partition coefficient (Wildman–Crippen LogP) is 5.20. The van der Waals surface area contributed by atoms with Gasteiger partial charge >= 0.3 is 0 Å². The Hall–Kier alpha value is -3.15. The third-order valence-corrected chi connectivity index (χ3v) is 5.12. The highest BCUT2D eigenvalue weighted by molar-refractivity contribution is 6.00. The van der Waals surface area contributed by atoms with Gasteiger partial charge in [0.2, 0.25) is 5.88 Å². The summed E-state index contributed by atoms with van der Waals surface area (Å²) in [6, 6.07) is 14.1. The van der Waals surface area contributed by atoms with Gasteiger partial charge in [-0.15, -0.1) is 0 Å². The average Bonchev–Trinajstić information content (AvgIpc) is 3.29. The molecule has 0 aliphatic heterocycles. The van der Waals surface area contributed by atoms with Crippen LogP contribution in [0.5, 0.6) is 5.88 Å². The molecule has 3 aromatic rings. The second-order valence-corrected chi connectivity index (χ2v) is 7.49. The normalized spacial score (nSPS) is 12.5. The van der Waals surface area contributed by atoms with Crippen LogP contribution in [-0.4, -0.2) is 32.9 Å². The third kappa shape index (κ3) is 4.70. The van der Waals surface area contributed by atoms with Crippen LogP contribution in [0.2, 0.25) is 0 Å². The van der Waals surface area contributed by atoms with Crippen molar-refractivity contribution in [1.29, 1.82) is 0 Å². The summed E-state index contributed by atoms with van der Waals surface area (Å²) in [7, 11) is 1.67. The SMILES string of the molecule is CCCCc1ccc(OC)n1/N=C(\C)c1cccc(/C(C)=N/n2c(C)ccc2C)n1. The zero-order chi connectivity index (χ0) is 21.7. The Kier molecular flexibility index (Phi) is 6.87. The summed E-state index contributed by atoms with van der Waals surface area (Å²) in [6.45, 7) is 10.2. The molecule has 0 saturated heterocycles. The fourth-order valence-corrected chi connectivity index (χ4v) is 3.32. The minimum absolute atomic E-state index is 0.730. The summed E-state index contributed by atoms with van der Waals surface area (Å²) in [6.07, 6.45) is 3.22. The highest BCUT2D eigenvalue weighted by Crippen LogP contribution is 2.19. The number of hydrogen-bond donors (Lipinski definition) is 0. The van der Waals surface area contributed by atoms with Crippen LogP contribution >= 0.6 is 0 Å². The molecule has 0 aliphatic rings. The maximum absolute atomic E-state index is 5.50. The molecular weight excluding hydrogens is 374 g/mol. The van der Waals surface area contributed by atoms with Crippen molar-refractivity contribution in [3.8, 4) is 5.88 Å². The summed E-state index contributed by atoms with van der Waals surface area (Å²) < 4.78 is 9.32. The standard InChI is InChI=1S/C24H31N5O/c1-7-8-10-21-15-16-24(30-6)29(21)27-20(5)23-12-9-11-22(25-23)19(4)26-28-17(2)13-14-18(28)3/h9,11-16H,7-8,10H2,1-6H3/b26-19+,27-20+. The van der Waals surface area contributed by atoms with Crippen LogP contribution in [0, 0.1) is 13.8 Å². The molecular formula is C24H31N5O. The van der Waals surface area contributed by atoms with Crippen molar-refractivity contribution in [2.24, 2.45) is 10.2 Å². The first-order valence-electron chi connectivity index (χ1n) is 10.4. The summed E-state index contributed by atoms with van der Waals surface area (Å²) in [5, 5.41) is 9.56. The Bertz CT molecular complexity index is 1050. The molecule has 3 aromatic heterocycles. The molecule has 0 bridgehead atoms. The number of hydrogen-bond acceptors (Lipinski definition) is 4. The van der Waals surface area contributed by atoms with Gasteiger partial charge in [-0.25, -0.2) is 14.3 Å². The van der Waals surface area contributed by atoms with E-state index in [4.69, 9.17) is 19.9 Å².